The molecule has 2 rings (SSSR count). The van der Waals surface area contributed by atoms with Crippen molar-refractivity contribution in [1.82, 2.24) is 9.84 Å². The molecule has 112 valence electrons. The Morgan fingerprint density at radius 1 is 1.30 bits per heavy atom. The van der Waals surface area contributed by atoms with Gasteiger partial charge in [0.1, 0.15) is 10.6 Å². The molecule has 6 nitrogen and oxygen atoms in total. The third kappa shape index (κ3) is 3.49. The molecule has 0 bridgehead atoms. The third-order valence-electron chi connectivity index (χ3n) is 3.31. The molecule has 0 unspecified atom stereocenters. The van der Waals surface area contributed by atoms with E-state index in [2.05, 4.69) is 4.83 Å². The lowest BCUT2D eigenvalue weighted by Crippen LogP contribution is -2.44. The molecule has 0 saturated carbocycles. The van der Waals surface area contributed by atoms with Crippen molar-refractivity contribution in [1.29, 1.82) is 0 Å². The maximum atomic E-state index is 12.4. The first-order valence-corrected chi connectivity index (χ1v) is 8.10. The second kappa shape index (κ2) is 6.53. The maximum Gasteiger partial charge on any atom is 0.257 e. The summed E-state index contributed by atoms with van der Waals surface area (Å²) in [6, 6.07) is 4.56. The number of nitrogens with one attached hydrogen (secondary N) is 1. The zero-order valence-corrected chi connectivity index (χ0v) is 12.3. The molecule has 1 saturated heterocycles. The van der Waals surface area contributed by atoms with E-state index in [-0.39, 0.29) is 17.3 Å². The number of aliphatic hydroxyl groups excluding tert-OH is 1. The van der Waals surface area contributed by atoms with E-state index in [9.17, 15) is 8.42 Å². The molecular formula is C13H20N2O4S. The summed E-state index contributed by atoms with van der Waals surface area (Å²) < 4.78 is 29.9. The van der Waals surface area contributed by atoms with Crippen LogP contribution >= 0.6 is 0 Å². The first-order valence-electron chi connectivity index (χ1n) is 6.62. The minimum atomic E-state index is -3.66. The Morgan fingerprint density at radius 2 is 2.00 bits per heavy atom. The molecule has 1 aromatic rings. The van der Waals surface area contributed by atoms with Crippen molar-refractivity contribution in [2.45, 2.75) is 30.8 Å². The molecule has 1 fully saturated rings. The third-order valence-corrected chi connectivity index (χ3v) is 4.72. The van der Waals surface area contributed by atoms with Crippen molar-refractivity contribution in [3.05, 3.63) is 23.8 Å². The minimum Gasteiger partial charge on any atom is -0.495 e. The number of piperidine rings is 1. The summed E-state index contributed by atoms with van der Waals surface area (Å²) in [5.74, 6) is 0.237. The van der Waals surface area contributed by atoms with Crippen LogP contribution in [0.5, 0.6) is 5.75 Å². The van der Waals surface area contributed by atoms with Crippen LogP contribution in [0.3, 0.4) is 0 Å². The van der Waals surface area contributed by atoms with Crippen molar-refractivity contribution < 1.29 is 18.3 Å². The molecule has 1 aliphatic rings. The molecule has 0 aliphatic carbocycles. The number of hydrogen-bond acceptors (Lipinski definition) is 5. The van der Waals surface area contributed by atoms with Gasteiger partial charge in [0.05, 0.1) is 13.7 Å². The Morgan fingerprint density at radius 3 is 2.60 bits per heavy atom. The number of aliphatic hydroxyl groups is 1. The van der Waals surface area contributed by atoms with E-state index in [1.807, 2.05) is 0 Å². The van der Waals surface area contributed by atoms with Gasteiger partial charge >= 0.3 is 0 Å². The van der Waals surface area contributed by atoms with Gasteiger partial charge in [0.25, 0.3) is 10.0 Å². The highest BCUT2D eigenvalue weighted by atomic mass is 32.2. The summed E-state index contributed by atoms with van der Waals surface area (Å²) in [5.41, 5.74) is 0.610. The zero-order chi connectivity index (χ0) is 14.6. The van der Waals surface area contributed by atoms with Crippen molar-refractivity contribution in [3.8, 4) is 5.75 Å². The smallest absolute Gasteiger partial charge is 0.257 e. The van der Waals surface area contributed by atoms with Crippen LogP contribution in [0.4, 0.5) is 0 Å². The Kier molecular flexibility index (Phi) is 4.98. The molecule has 0 aromatic heterocycles. The standard InChI is InChI=1S/C13H20N2O4S/c1-19-12-9-11(10-16)5-6-13(12)20(17,18)14-15-7-3-2-4-8-15/h5-6,9,14,16H,2-4,7-8,10H2,1H3. The fourth-order valence-electron chi connectivity index (χ4n) is 2.24. The van der Waals surface area contributed by atoms with Crippen LogP contribution < -0.4 is 9.57 Å². The van der Waals surface area contributed by atoms with Crippen LogP contribution in [0.1, 0.15) is 24.8 Å². The summed E-state index contributed by atoms with van der Waals surface area (Å²) in [5, 5.41) is 10.8. The van der Waals surface area contributed by atoms with E-state index < -0.39 is 10.0 Å². The number of nitrogens with zero attached hydrogens (tertiary/aromatic N) is 1. The summed E-state index contributed by atoms with van der Waals surface area (Å²) in [6.45, 7) is 1.28. The second-order valence-corrected chi connectivity index (χ2v) is 6.42. The van der Waals surface area contributed by atoms with Gasteiger partial charge in [0.15, 0.2) is 0 Å². The monoisotopic (exact) mass is 300 g/mol. The lowest BCUT2D eigenvalue weighted by atomic mass is 10.2. The second-order valence-electron chi connectivity index (χ2n) is 4.79. The van der Waals surface area contributed by atoms with Crippen LogP contribution in [-0.2, 0) is 16.6 Å². The lowest BCUT2D eigenvalue weighted by molar-refractivity contribution is 0.199. The topological polar surface area (TPSA) is 78.9 Å². The minimum absolute atomic E-state index is 0.0859. The summed E-state index contributed by atoms with van der Waals surface area (Å²) in [6.07, 6.45) is 3.11. The van der Waals surface area contributed by atoms with E-state index in [1.165, 1.54) is 19.2 Å². The van der Waals surface area contributed by atoms with E-state index >= 15 is 0 Å². The zero-order valence-electron chi connectivity index (χ0n) is 11.5. The maximum absolute atomic E-state index is 12.4. The molecule has 1 aliphatic heterocycles. The van der Waals surface area contributed by atoms with Crippen LogP contribution in [0.25, 0.3) is 0 Å². The fourth-order valence-corrected chi connectivity index (χ4v) is 3.51. The van der Waals surface area contributed by atoms with E-state index in [4.69, 9.17) is 9.84 Å². The summed E-state index contributed by atoms with van der Waals surface area (Å²) in [7, 11) is -2.25. The van der Waals surface area contributed by atoms with Gasteiger partial charge in [0.2, 0.25) is 0 Å². The molecule has 0 atom stereocenters. The van der Waals surface area contributed by atoms with Crippen molar-refractivity contribution >= 4 is 10.0 Å². The molecule has 1 aromatic carbocycles. The number of hydrogen-bond donors (Lipinski definition) is 2. The molecule has 0 spiro atoms. The number of sulfonamides is 1. The van der Waals surface area contributed by atoms with Crippen LogP contribution in [0.2, 0.25) is 0 Å². The van der Waals surface area contributed by atoms with Crippen LogP contribution in [0.15, 0.2) is 23.1 Å². The number of rotatable bonds is 5. The normalized spacial score (nSPS) is 17.1. The molecule has 20 heavy (non-hydrogen) atoms. The molecule has 7 heteroatoms. The Labute approximate surface area is 119 Å². The van der Waals surface area contributed by atoms with Gasteiger partial charge in [0, 0.05) is 13.1 Å². The first-order chi connectivity index (χ1) is 9.56. The predicted molar refractivity (Wildman–Crippen MR) is 74.7 cm³/mol. The van der Waals surface area contributed by atoms with Gasteiger partial charge in [-0.2, -0.15) is 0 Å². The molecule has 0 amide bonds. The van der Waals surface area contributed by atoms with E-state index in [0.717, 1.165) is 32.4 Å². The Balaban J connectivity index is 2.24. The fraction of sp³-hybridized carbons (Fsp3) is 0.538. The van der Waals surface area contributed by atoms with Crippen LogP contribution in [0, 0.1) is 0 Å². The number of methoxy groups -OCH3 is 1. The van der Waals surface area contributed by atoms with Gasteiger partial charge in [-0.1, -0.05) is 12.5 Å². The molecule has 1 heterocycles. The molecule has 2 N–H and O–H groups in total. The first kappa shape index (κ1) is 15.2. The van der Waals surface area contributed by atoms with Gasteiger partial charge in [-0.15, -0.1) is 4.83 Å². The number of benzene rings is 1. The van der Waals surface area contributed by atoms with Crippen molar-refractivity contribution in [2.75, 3.05) is 20.2 Å². The van der Waals surface area contributed by atoms with Crippen molar-refractivity contribution in [3.63, 3.8) is 0 Å². The molecule has 0 radical (unpaired) electrons. The quantitative estimate of drug-likeness (QED) is 0.843. The average molecular weight is 300 g/mol. The van der Waals surface area contributed by atoms with Gasteiger partial charge in [-0.3, -0.25) is 0 Å². The van der Waals surface area contributed by atoms with Crippen molar-refractivity contribution in [2.24, 2.45) is 0 Å². The highest BCUT2D eigenvalue weighted by Crippen LogP contribution is 2.25. The highest BCUT2D eigenvalue weighted by Gasteiger charge is 2.23. The molecular weight excluding hydrogens is 280 g/mol. The van der Waals surface area contributed by atoms with Gasteiger partial charge in [-0.05, 0) is 30.5 Å². The lowest BCUT2D eigenvalue weighted by Gasteiger charge is -2.26. The van der Waals surface area contributed by atoms with E-state index in [0.29, 0.717) is 5.56 Å². The van der Waals surface area contributed by atoms with Gasteiger partial charge < -0.3 is 9.84 Å². The largest absolute Gasteiger partial charge is 0.495 e. The average Bonchev–Trinajstić information content (AvgIpc) is 2.47. The van der Waals surface area contributed by atoms with E-state index in [1.54, 1.807) is 11.1 Å². The summed E-state index contributed by atoms with van der Waals surface area (Å²) >= 11 is 0. The highest BCUT2D eigenvalue weighted by molar-refractivity contribution is 7.89. The Bertz CT molecular complexity index is 553. The summed E-state index contributed by atoms with van der Waals surface area (Å²) in [4.78, 5) is 2.67. The predicted octanol–water partition coefficient (Wildman–Crippen LogP) is 0.867. The number of hydrazine groups is 1. The van der Waals surface area contributed by atoms with Crippen LogP contribution in [-0.4, -0.2) is 38.7 Å². The Hall–Kier alpha value is -1.15. The SMILES string of the molecule is COc1cc(CO)ccc1S(=O)(=O)NN1CCCCC1. The van der Waals surface area contributed by atoms with Gasteiger partial charge in [-0.25, -0.2) is 13.4 Å². The number of ether oxygens (including phenoxy) is 1.